The summed E-state index contributed by atoms with van der Waals surface area (Å²) in [6.07, 6.45) is 0. The van der Waals surface area contributed by atoms with E-state index in [2.05, 4.69) is 5.32 Å². The number of hydrogen-bond donors (Lipinski definition) is 1. The van der Waals surface area contributed by atoms with Crippen molar-refractivity contribution in [3.8, 4) is 0 Å². The number of rotatable bonds is 4. The average molecular weight is 260 g/mol. The van der Waals surface area contributed by atoms with Crippen molar-refractivity contribution >= 4 is 0 Å². The van der Waals surface area contributed by atoms with Crippen LogP contribution in [0.15, 0.2) is 47.3 Å². The third-order valence-corrected chi connectivity index (χ3v) is 3.26. The number of hydrogen-bond acceptors (Lipinski definition) is 2. The lowest BCUT2D eigenvalue weighted by Gasteiger charge is -2.20. The van der Waals surface area contributed by atoms with E-state index >= 15 is 0 Å². The van der Waals surface area contributed by atoms with Crippen molar-refractivity contribution in [2.24, 2.45) is 0 Å². The van der Waals surface area contributed by atoms with Crippen LogP contribution in [0.3, 0.4) is 0 Å². The van der Waals surface area contributed by atoms with Crippen molar-refractivity contribution in [2.75, 3.05) is 7.05 Å². The van der Waals surface area contributed by atoms with Gasteiger partial charge in [0, 0.05) is 23.9 Å². The Morgan fingerprint density at radius 2 is 1.95 bits per heavy atom. The molecule has 0 spiro atoms. The van der Waals surface area contributed by atoms with Crippen LogP contribution in [0.5, 0.6) is 0 Å². The first-order valence-electron chi connectivity index (χ1n) is 6.21. The Balaban J connectivity index is 2.35. The Labute approximate surface area is 111 Å². The molecule has 0 fully saturated rings. The summed E-state index contributed by atoms with van der Waals surface area (Å²) in [5.41, 5.74) is 1.36. The van der Waals surface area contributed by atoms with Crippen molar-refractivity contribution in [3.05, 3.63) is 69.9 Å². The molecule has 0 saturated carbocycles. The Bertz CT molecular complexity index is 622. The van der Waals surface area contributed by atoms with Crippen LogP contribution >= 0.6 is 0 Å². The Hall–Kier alpha value is -1.94. The fraction of sp³-hybridized carbons (Fsp3) is 0.267. The number of aromatic nitrogens is 1. The first-order chi connectivity index (χ1) is 9.13. The van der Waals surface area contributed by atoms with Crippen LogP contribution in [-0.2, 0) is 6.54 Å². The van der Waals surface area contributed by atoms with Gasteiger partial charge < -0.3 is 9.88 Å². The van der Waals surface area contributed by atoms with Crippen LogP contribution in [0, 0.1) is 12.7 Å². The Morgan fingerprint density at radius 3 is 2.58 bits per heavy atom. The molecule has 1 N–H and O–H groups in total. The third kappa shape index (κ3) is 2.90. The highest BCUT2D eigenvalue weighted by molar-refractivity contribution is 5.21. The standard InChI is InChI=1S/C15H17FN2O/c1-11-6-5-9-15(19)18(11)10-14(17-2)12-7-3-4-8-13(12)16/h3-9,14,17H,10H2,1-2H3. The molecule has 0 bridgehead atoms. The van der Waals surface area contributed by atoms with E-state index in [1.807, 2.05) is 13.0 Å². The second-order valence-corrected chi connectivity index (χ2v) is 4.48. The molecule has 2 rings (SSSR count). The van der Waals surface area contributed by atoms with Gasteiger partial charge in [-0.2, -0.15) is 0 Å². The fourth-order valence-corrected chi connectivity index (χ4v) is 2.14. The summed E-state index contributed by atoms with van der Waals surface area (Å²) < 4.78 is 15.4. The zero-order valence-corrected chi connectivity index (χ0v) is 11.1. The first-order valence-corrected chi connectivity index (χ1v) is 6.21. The largest absolute Gasteiger partial charge is 0.311 e. The molecule has 0 saturated heterocycles. The van der Waals surface area contributed by atoms with Crippen molar-refractivity contribution in [2.45, 2.75) is 19.5 Å². The van der Waals surface area contributed by atoms with Crippen molar-refractivity contribution in [1.29, 1.82) is 0 Å². The molecule has 1 unspecified atom stereocenters. The lowest BCUT2D eigenvalue weighted by atomic mass is 10.1. The van der Waals surface area contributed by atoms with Crippen LogP contribution in [0.2, 0.25) is 0 Å². The van der Waals surface area contributed by atoms with Gasteiger partial charge in [-0.1, -0.05) is 24.3 Å². The van der Waals surface area contributed by atoms with Crippen molar-refractivity contribution < 1.29 is 4.39 Å². The number of benzene rings is 1. The molecular formula is C15H17FN2O. The van der Waals surface area contributed by atoms with Crippen molar-refractivity contribution in [1.82, 2.24) is 9.88 Å². The highest BCUT2D eigenvalue weighted by atomic mass is 19.1. The molecule has 0 aliphatic heterocycles. The number of halogens is 1. The molecule has 1 aromatic carbocycles. The van der Waals surface area contributed by atoms with E-state index in [1.165, 1.54) is 12.1 Å². The van der Waals surface area contributed by atoms with Gasteiger partial charge in [0.2, 0.25) is 0 Å². The molecule has 2 aromatic rings. The monoisotopic (exact) mass is 260 g/mol. The number of nitrogens with one attached hydrogen (secondary N) is 1. The summed E-state index contributed by atoms with van der Waals surface area (Å²) in [5.74, 6) is -0.261. The third-order valence-electron chi connectivity index (χ3n) is 3.26. The maximum absolute atomic E-state index is 13.8. The number of nitrogens with zero attached hydrogens (tertiary/aromatic N) is 1. The van der Waals surface area contributed by atoms with E-state index in [4.69, 9.17) is 0 Å². The predicted molar refractivity (Wildman–Crippen MR) is 73.6 cm³/mol. The molecule has 4 heteroatoms. The minimum absolute atomic E-state index is 0.0726. The van der Waals surface area contributed by atoms with E-state index in [9.17, 15) is 9.18 Å². The van der Waals surface area contributed by atoms with Gasteiger partial charge in [-0.15, -0.1) is 0 Å². The van der Waals surface area contributed by atoms with E-state index < -0.39 is 0 Å². The minimum Gasteiger partial charge on any atom is -0.311 e. The van der Waals surface area contributed by atoms with Crippen LogP contribution in [0.25, 0.3) is 0 Å². The first kappa shape index (κ1) is 13.5. The van der Waals surface area contributed by atoms with Gasteiger partial charge in [0.1, 0.15) is 5.82 Å². The van der Waals surface area contributed by atoms with Crippen LogP contribution in [0.1, 0.15) is 17.3 Å². The second kappa shape index (κ2) is 5.80. The molecule has 1 heterocycles. The van der Waals surface area contributed by atoms with Gasteiger partial charge in [0.05, 0.1) is 6.04 Å². The van der Waals surface area contributed by atoms with Crippen LogP contribution < -0.4 is 10.9 Å². The molecular weight excluding hydrogens is 243 g/mol. The van der Waals surface area contributed by atoms with Crippen LogP contribution in [-0.4, -0.2) is 11.6 Å². The quantitative estimate of drug-likeness (QED) is 0.915. The van der Waals surface area contributed by atoms with Crippen molar-refractivity contribution in [3.63, 3.8) is 0 Å². The highest BCUT2D eigenvalue weighted by Gasteiger charge is 2.15. The van der Waals surface area contributed by atoms with Gasteiger partial charge in [-0.3, -0.25) is 4.79 Å². The van der Waals surface area contributed by atoms with E-state index in [0.717, 1.165) is 5.69 Å². The highest BCUT2D eigenvalue weighted by Crippen LogP contribution is 2.18. The van der Waals surface area contributed by atoms with Gasteiger partial charge in [0.25, 0.3) is 5.56 Å². The lowest BCUT2D eigenvalue weighted by Crippen LogP contribution is -2.30. The molecule has 1 aromatic heterocycles. The summed E-state index contributed by atoms with van der Waals surface area (Å²) in [5, 5.41) is 3.06. The molecule has 3 nitrogen and oxygen atoms in total. The molecule has 19 heavy (non-hydrogen) atoms. The normalized spacial score (nSPS) is 12.4. The van der Waals surface area contributed by atoms with E-state index in [1.54, 1.807) is 35.9 Å². The summed E-state index contributed by atoms with van der Waals surface area (Å²) in [6.45, 7) is 2.28. The van der Waals surface area contributed by atoms with Gasteiger partial charge in [0.15, 0.2) is 0 Å². The smallest absolute Gasteiger partial charge is 0.250 e. The van der Waals surface area contributed by atoms with Crippen LogP contribution in [0.4, 0.5) is 4.39 Å². The summed E-state index contributed by atoms with van der Waals surface area (Å²) in [6, 6.07) is 11.5. The topological polar surface area (TPSA) is 34.0 Å². The second-order valence-electron chi connectivity index (χ2n) is 4.48. The zero-order valence-electron chi connectivity index (χ0n) is 11.1. The van der Waals surface area contributed by atoms with Gasteiger partial charge >= 0.3 is 0 Å². The summed E-state index contributed by atoms with van der Waals surface area (Å²) >= 11 is 0. The molecule has 1 atom stereocenters. The fourth-order valence-electron chi connectivity index (χ4n) is 2.14. The molecule has 0 amide bonds. The minimum atomic E-state index is -0.261. The number of aryl methyl sites for hydroxylation is 1. The molecule has 0 aliphatic rings. The maximum atomic E-state index is 13.8. The average Bonchev–Trinajstić information content (AvgIpc) is 2.40. The number of likely N-dealkylation sites (N-methyl/N-ethyl adjacent to an activating group) is 1. The lowest BCUT2D eigenvalue weighted by molar-refractivity contribution is 0.462. The molecule has 0 aliphatic carbocycles. The summed E-state index contributed by atoms with van der Waals surface area (Å²) in [4.78, 5) is 11.8. The zero-order chi connectivity index (χ0) is 13.8. The molecule has 100 valence electrons. The Morgan fingerprint density at radius 1 is 1.21 bits per heavy atom. The molecule has 0 radical (unpaired) electrons. The maximum Gasteiger partial charge on any atom is 0.250 e. The van der Waals surface area contributed by atoms with E-state index in [-0.39, 0.29) is 17.4 Å². The van der Waals surface area contributed by atoms with E-state index in [0.29, 0.717) is 12.1 Å². The van der Waals surface area contributed by atoms with Gasteiger partial charge in [-0.25, -0.2) is 4.39 Å². The van der Waals surface area contributed by atoms with Gasteiger partial charge in [-0.05, 0) is 26.1 Å². The summed E-state index contributed by atoms with van der Waals surface area (Å²) in [7, 11) is 1.76. The predicted octanol–water partition coefficient (Wildman–Crippen LogP) is 2.26. The number of pyridine rings is 1. The SMILES string of the molecule is CNC(Cn1c(C)cccc1=O)c1ccccc1F. The Kier molecular flexibility index (Phi) is 4.12.